The first-order valence-corrected chi connectivity index (χ1v) is 11.2. The lowest BCUT2D eigenvalue weighted by molar-refractivity contribution is -0.112. The number of aryl methyl sites for hydroxylation is 1. The molecule has 0 spiro atoms. The van der Waals surface area contributed by atoms with Gasteiger partial charge in [0, 0.05) is 34.9 Å². The van der Waals surface area contributed by atoms with Gasteiger partial charge in [-0.15, -0.1) is 0 Å². The van der Waals surface area contributed by atoms with Crippen molar-refractivity contribution < 1.29 is 17.6 Å². The molecular weight excluding hydrogens is 429 g/mol. The number of aromatic nitrogens is 3. The van der Waals surface area contributed by atoms with Gasteiger partial charge < -0.3 is 4.57 Å². The van der Waals surface area contributed by atoms with Crippen LogP contribution in [0.5, 0.6) is 0 Å². The van der Waals surface area contributed by atoms with Gasteiger partial charge in [0.15, 0.2) is 0 Å². The number of halogens is 1. The first-order chi connectivity index (χ1) is 14.1. The number of anilines is 1. The molecule has 0 aliphatic heterocycles. The highest BCUT2D eigenvalue weighted by Gasteiger charge is 2.18. The average molecular weight is 446 g/mol. The summed E-state index contributed by atoms with van der Waals surface area (Å²) >= 11 is 0.699. The van der Waals surface area contributed by atoms with Gasteiger partial charge in [0.1, 0.15) is 17.5 Å². The molecule has 11 heteroatoms. The molecule has 0 atom stereocenters. The van der Waals surface area contributed by atoms with Crippen LogP contribution in [0.2, 0.25) is 0 Å². The van der Waals surface area contributed by atoms with Crippen molar-refractivity contribution in [1.82, 2.24) is 13.9 Å². The van der Waals surface area contributed by atoms with Crippen LogP contribution in [0, 0.1) is 31.0 Å². The number of hydrogen-bond donors (Lipinski definition) is 1. The van der Waals surface area contributed by atoms with E-state index in [1.54, 1.807) is 25.1 Å². The molecule has 0 saturated heterocycles. The van der Waals surface area contributed by atoms with Crippen LogP contribution in [0.1, 0.15) is 17.0 Å². The van der Waals surface area contributed by atoms with E-state index in [1.165, 1.54) is 18.2 Å². The summed E-state index contributed by atoms with van der Waals surface area (Å²) < 4.78 is 42.0. The van der Waals surface area contributed by atoms with E-state index in [0.29, 0.717) is 28.5 Å². The molecule has 1 N–H and O–H groups in total. The zero-order chi connectivity index (χ0) is 22.1. The molecule has 0 aliphatic rings. The van der Waals surface area contributed by atoms with Gasteiger partial charge in [-0.25, -0.2) is 12.8 Å². The number of amides is 1. The maximum atomic E-state index is 13.6. The van der Waals surface area contributed by atoms with Gasteiger partial charge >= 0.3 is 0 Å². The summed E-state index contributed by atoms with van der Waals surface area (Å²) in [6.45, 7) is 3.62. The van der Waals surface area contributed by atoms with E-state index in [4.69, 9.17) is 0 Å². The number of nitrogens with one attached hydrogen (secondary N) is 1. The molecule has 0 bridgehead atoms. The number of nitrogens with zero attached hydrogens (tertiary/aromatic N) is 4. The Morgan fingerprint density at radius 3 is 2.67 bits per heavy atom. The molecule has 8 nitrogen and oxygen atoms in total. The standard InChI is InChI=1S/C19H16FN5O3S2/c1-11-7-13(12(2)25(11)16-6-4-5-15(20)9-16)8-14(10-21)17(26)22-18-23-19(24-29-18)30(3,27)28/h4-9H,1-3H3,(H,22,23,24,26). The van der Waals surface area contributed by atoms with Gasteiger partial charge in [-0.3, -0.25) is 10.1 Å². The van der Waals surface area contributed by atoms with Gasteiger partial charge in [-0.1, -0.05) is 6.07 Å². The summed E-state index contributed by atoms with van der Waals surface area (Å²) in [5.41, 5.74) is 2.54. The molecule has 0 aliphatic carbocycles. The van der Waals surface area contributed by atoms with Crippen molar-refractivity contribution in [3.63, 3.8) is 0 Å². The Hall–Kier alpha value is -3.36. The molecule has 0 saturated carbocycles. The number of carbonyl (C=O) groups is 1. The summed E-state index contributed by atoms with van der Waals surface area (Å²) in [6, 6.07) is 9.69. The maximum absolute atomic E-state index is 13.6. The lowest BCUT2D eigenvalue weighted by Crippen LogP contribution is -2.13. The largest absolute Gasteiger partial charge is 0.318 e. The average Bonchev–Trinajstić information content (AvgIpc) is 3.24. The molecule has 2 heterocycles. The van der Waals surface area contributed by atoms with Crippen LogP contribution in [0.25, 0.3) is 11.8 Å². The van der Waals surface area contributed by atoms with Crippen LogP contribution in [0.15, 0.2) is 41.1 Å². The summed E-state index contributed by atoms with van der Waals surface area (Å²) in [7, 11) is -3.60. The summed E-state index contributed by atoms with van der Waals surface area (Å²) in [4.78, 5) is 16.2. The SMILES string of the molecule is Cc1cc(C=C(C#N)C(=O)Nc2nc(S(C)(=O)=O)ns2)c(C)n1-c1cccc(F)c1. The fourth-order valence-electron chi connectivity index (χ4n) is 2.83. The lowest BCUT2D eigenvalue weighted by atomic mass is 10.1. The van der Waals surface area contributed by atoms with Crippen molar-refractivity contribution in [3.05, 3.63) is 58.7 Å². The van der Waals surface area contributed by atoms with Crippen LogP contribution < -0.4 is 5.32 Å². The molecule has 1 amide bonds. The van der Waals surface area contributed by atoms with Crippen molar-refractivity contribution in [1.29, 1.82) is 5.26 Å². The first-order valence-electron chi connectivity index (χ1n) is 8.52. The van der Waals surface area contributed by atoms with Gasteiger partial charge in [0.25, 0.3) is 11.1 Å². The molecule has 2 aromatic heterocycles. The van der Waals surface area contributed by atoms with Crippen molar-refractivity contribution >= 4 is 38.5 Å². The van der Waals surface area contributed by atoms with E-state index in [-0.39, 0.29) is 16.5 Å². The van der Waals surface area contributed by atoms with Crippen LogP contribution >= 0.6 is 11.5 Å². The van der Waals surface area contributed by atoms with Crippen LogP contribution in [-0.2, 0) is 14.6 Å². The zero-order valence-electron chi connectivity index (χ0n) is 16.2. The van der Waals surface area contributed by atoms with Crippen molar-refractivity contribution in [2.24, 2.45) is 0 Å². The van der Waals surface area contributed by atoms with E-state index in [1.807, 2.05) is 17.6 Å². The molecule has 3 aromatic rings. The summed E-state index contributed by atoms with van der Waals surface area (Å²) in [6.07, 6.45) is 2.36. The lowest BCUT2D eigenvalue weighted by Gasteiger charge is -2.09. The molecule has 0 radical (unpaired) electrons. The second-order valence-corrected chi connectivity index (χ2v) is 9.08. The van der Waals surface area contributed by atoms with Gasteiger partial charge in [-0.05, 0) is 49.8 Å². The monoisotopic (exact) mass is 445 g/mol. The number of nitriles is 1. The number of benzene rings is 1. The Labute approximate surface area is 176 Å². The Kier molecular flexibility index (Phi) is 5.82. The minimum atomic E-state index is -3.60. The van der Waals surface area contributed by atoms with Gasteiger partial charge in [-0.2, -0.15) is 14.6 Å². The van der Waals surface area contributed by atoms with E-state index < -0.39 is 20.9 Å². The predicted molar refractivity (Wildman–Crippen MR) is 110 cm³/mol. The van der Waals surface area contributed by atoms with Crippen molar-refractivity contribution in [3.8, 4) is 11.8 Å². The Morgan fingerprint density at radius 1 is 1.33 bits per heavy atom. The number of hydrogen-bond acceptors (Lipinski definition) is 7. The molecule has 3 rings (SSSR count). The predicted octanol–water partition coefficient (Wildman–Crippen LogP) is 3.03. The molecule has 0 unspecified atom stereocenters. The van der Waals surface area contributed by atoms with Crippen LogP contribution in [0.4, 0.5) is 9.52 Å². The topological polar surface area (TPSA) is 118 Å². The van der Waals surface area contributed by atoms with E-state index in [9.17, 15) is 22.9 Å². The minimum absolute atomic E-state index is 0.0354. The zero-order valence-corrected chi connectivity index (χ0v) is 17.8. The fourth-order valence-corrected chi connectivity index (χ4v) is 4.27. The Morgan fingerprint density at radius 2 is 2.07 bits per heavy atom. The van der Waals surface area contributed by atoms with E-state index in [0.717, 1.165) is 11.9 Å². The smallest absolute Gasteiger partial charge is 0.268 e. The molecule has 154 valence electrons. The minimum Gasteiger partial charge on any atom is -0.318 e. The first kappa shape index (κ1) is 21.4. The third kappa shape index (κ3) is 4.45. The van der Waals surface area contributed by atoms with Crippen LogP contribution in [-0.4, -0.2) is 34.5 Å². The maximum Gasteiger partial charge on any atom is 0.268 e. The quantitative estimate of drug-likeness (QED) is 0.476. The highest BCUT2D eigenvalue weighted by atomic mass is 32.2. The van der Waals surface area contributed by atoms with E-state index >= 15 is 0 Å². The molecular formula is C19H16FN5O3S2. The Bertz CT molecular complexity index is 1320. The Balaban J connectivity index is 1.91. The van der Waals surface area contributed by atoms with Crippen LogP contribution in [0.3, 0.4) is 0 Å². The number of rotatable bonds is 5. The fraction of sp³-hybridized carbons (Fsp3) is 0.158. The second-order valence-electron chi connectivity index (χ2n) is 6.42. The summed E-state index contributed by atoms with van der Waals surface area (Å²) in [5, 5.41) is 11.4. The second kappa shape index (κ2) is 8.17. The van der Waals surface area contributed by atoms with Crippen molar-refractivity contribution in [2.75, 3.05) is 11.6 Å². The third-order valence-electron chi connectivity index (χ3n) is 4.16. The van der Waals surface area contributed by atoms with Gasteiger partial charge in [0.05, 0.1) is 0 Å². The number of sulfone groups is 1. The summed E-state index contributed by atoms with van der Waals surface area (Å²) in [5.74, 6) is -1.12. The molecule has 1 aromatic carbocycles. The highest BCUT2D eigenvalue weighted by Crippen LogP contribution is 2.24. The number of carbonyl (C=O) groups excluding carboxylic acids is 1. The van der Waals surface area contributed by atoms with E-state index in [2.05, 4.69) is 14.7 Å². The third-order valence-corrected chi connectivity index (χ3v) is 5.75. The van der Waals surface area contributed by atoms with Crippen molar-refractivity contribution in [2.45, 2.75) is 19.0 Å². The van der Waals surface area contributed by atoms with Gasteiger partial charge in [0.2, 0.25) is 15.0 Å². The normalized spacial score (nSPS) is 11.9. The highest BCUT2D eigenvalue weighted by molar-refractivity contribution is 7.90. The molecule has 0 fully saturated rings. The molecule has 30 heavy (non-hydrogen) atoms.